The first-order valence-corrected chi connectivity index (χ1v) is 6.48. The maximum absolute atomic E-state index is 12.1. The van der Waals surface area contributed by atoms with Crippen LogP contribution in [0.25, 0.3) is 10.9 Å². The molecule has 1 heterocycles. The number of nitrogens with zero attached hydrogens (tertiary/aromatic N) is 1. The van der Waals surface area contributed by atoms with Crippen LogP contribution >= 0.6 is 0 Å². The summed E-state index contributed by atoms with van der Waals surface area (Å²) in [6.45, 7) is 2.31. The lowest BCUT2D eigenvalue weighted by Gasteiger charge is -2.08. The third-order valence-electron chi connectivity index (χ3n) is 2.96. The van der Waals surface area contributed by atoms with Crippen LogP contribution in [-0.2, 0) is 0 Å². The van der Waals surface area contributed by atoms with Gasteiger partial charge in [0.25, 0.3) is 5.91 Å². The lowest BCUT2D eigenvalue weighted by Crippen LogP contribution is -2.25. The van der Waals surface area contributed by atoms with Gasteiger partial charge in [-0.1, -0.05) is 18.2 Å². The summed E-state index contributed by atoms with van der Waals surface area (Å²) in [5.41, 5.74) is 1.31. The van der Waals surface area contributed by atoms with Gasteiger partial charge in [-0.3, -0.25) is 9.78 Å². The average Bonchev–Trinajstić information content (AvgIpc) is 2.42. The van der Waals surface area contributed by atoms with Gasteiger partial charge in [0.2, 0.25) is 0 Å². The fourth-order valence-corrected chi connectivity index (χ4v) is 1.98. The zero-order chi connectivity index (χ0) is 13.7. The topological polar surface area (TPSA) is 62.2 Å². The van der Waals surface area contributed by atoms with E-state index in [1.165, 1.54) is 0 Å². The zero-order valence-corrected chi connectivity index (χ0v) is 11.0. The number of carbonyl (C=O) groups excluding carboxylic acids is 1. The molecule has 2 N–H and O–H groups in total. The van der Waals surface area contributed by atoms with Gasteiger partial charge in [0.15, 0.2) is 0 Å². The fraction of sp³-hybridized carbons (Fsp3) is 0.333. The summed E-state index contributed by atoms with van der Waals surface area (Å²) in [5.74, 6) is -0.116. The van der Waals surface area contributed by atoms with Crippen molar-refractivity contribution in [1.29, 1.82) is 0 Å². The zero-order valence-electron chi connectivity index (χ0n) is 11.0. The maximum atomic E-state index is 12.1. The highest BCUT2D eigenvalue weighted by Gasteiger charge is 2.09. The third kappa shape index (κ3) is 3.51. The molecule has 19 heavy (non-hydrogen) atoms. The molecule has 100 valence electrons. The molecule has 2 rings (SSSR count). The number of benzene rings is 1. The van der Waals surface area contributed by atoms with Gasteiger partial charge in [-0.25, -0.2) is 0 Å². The number of aliphatic hydroxyl groups excluding tert-OH is 1. The predicted octanol–water partition coefficient (Wildman–Crippen LogP) is 2.13. The molecule has 1 amide bonds. The summed E-state index contributed by atoms with van der Waals surface area (Å²) < 4.78 is 0. The molecule has 0 saturated heterocycles. The van der Waals surface area contributed by atoms with Crippen LogP contribution < -0.4 is 5.32 Å². The Morgan fingerprint density at radius 2 is 2.16 bits per heavy atom. The van der Waals surface area contributed by atoms with Gasteiger partial charge in [-0.15, -0.1) is 0 Å². The van der Waals surface area contributed by atoms with Crippen LogP contribution in [0, 0.1) is 0 Å². The monoisotopic (exact) mass is 258 g/mol. The highest BCUT2D eigenvalue weighted by Crippen LogP contribution is 2.15. The summed E-state index contributed by atoms with van der Waals surface area (Å²) in [4.78, 5) is 16.3. The van der Waals surface area contributed by atoms with Gasteiger partial charge >= 0.3 is 0 Å². The van der Waals surface area contributed by atoms with E-state index in [-0.39, 0.29) is 12.0 Å². The van der Waals surface area contributed by atoms with Crippen molar-refractivity contribution in [1.82, 2.24) is 10.3 Å². The number of nitrogens with one attached hydrogen (secondary N) is 1. The second-order valence-electron chi connectivity index (χ2n) is 4.63. The lowest BCUT2D eigenvalue weighted by molar-refractivity contribution is 0.0951. The third-order valence-corrected chi connectivity index (χ3v) is 2.96. The smallest absolute Gasteiger partial charge is 0.253 e. The molecular weight excluding hydrogens is 240 g/mol. The number of hydrogen-bond acceptors (Lipinski definition) is 3. The Morgan fingerprint density at radius 1 is 1.37 bits per heavy atom. The molecule has 0 saturated carbocycles. The summed E-state index contributed by atoms with van der Waals surface area (Å²) in [5, 5.41) is 13.0. The molecule has 1 unspecified atom stereocenters. The number of para-hydroxylation sites is 1. The van der Waals surface area contributed by atoms with Crippen molar-refractivity contribution in [2.45, 2.75) is 25.9 Å². The molecule has 0 aliphatic carbocycles. The number of hydrogen-bond donors (Lipinski definition) is 2. The standard InChI is InChI=1S/C15H18N2O2/c1-11(18)5-3-10-17-15(19)13-8-2-6-12-7-4-9-16-14(12)13/h2,4,6-9,11,18H,3,5,10H2,1H3,(H,17,19). The molecule has 0 aliphatic heterocycles. The maximum Gasteiger partial charge on any atom is 0.253 e. The van der Waals surface area contributed by atoms with Crippen molar-refractivity contribution >= 4 is 16.8 Å². The quantitative estimate of drug-likeness (QED) is 0.808. The van der Waals surface area contributed by atoms with Gasteiger partial charge in [0.1, 0.15) is 0 Å². The van der Waals surface area contributed by atoms with Crippen molar-refractivity contribution in [3.8, 4) is 0 Å². The van der Waals surface area contributed by atoms with Crippen molar-refractivity contribution in [3.05, 3.63) is 42.1 Å². The van der Waals surface area contributed by atoms with E-state index in [1.807, 2.05) is 24.3 Å². The minimum Gasteiger partial charge on any atom is -0.393 e. The molecule has 1 aromatic heterocycles. The van der Waals surface area contributed by atoms with Gasteiger partial charge in [-0.2, -0.15) is 0 Å². The fourth-order valence-electron chi connectivity index (χ4n) is 1.98. The Kier molecular flexibility index (Phi) is 4.47. The summed E-state index contributed by atoms with van der Waals surface area (Å²) in [6, 6.07) is 9.36. The molecule has 2 aromatic rings. The minimum absolute atomic E-state index is 0.116. The number of pyridine rings is 1. The Balaban J connectivity index is 2.05. The van der Waals surface area contributed by atoms with Crippen LogP contribution in [0.2, 0.25) is 0 Å². The largest absolute Gasteiger partial charge is 0.393 e. The summed E-state index contributed by atoms with van der Waals surface area (Å²) >= 11 is 0. The van der Waals surface area contributed by atoms with E-state index in [1.54, 1.807) is 19.2 Å². The second-order valence-corrected chi connectivity index (χ2v) is 4.63. The summed E-state index contributed by atoms with van der Waals surface area (Å²) in [7, 11) is 0. The van der Waals surface area contributed by atoms with Crippen molar-refractivity contribution < 1.29 is 9.90 Å². The van der Waals surface area contributed by atoms with Gasteiger partial charge in [0.05, 0.1) is 17.2 Å². The van der Waals surface area contributed by atoms with E-state index in [4.69, 9.17) is 5.11 Å². The van der Waals surface area contributed by atoms with Crippen LogP contribution in [0.5, 0.6) is 0 Å². The first-order valence-electron chi connectivity index (χ1n) is 6.48. The molecule has 0 aliphatic rings. The van der Waals surface area contributed by atoms with E-state index in [2.05, 4.69) is 10.3 Å². The molecular formula is C15H18N2O2. The summed E-state index contributed by atoms with van der Waals surface area (Å²) in [6.07, 6.45) is 2.82. The van der Waals surface area contributed by atoms with Crippen molar-refractivity contribution in [3.63, 3.8) is 0 Å². The van der Waals surface area contributed by atoms with Crippen LogP contribution in [-0.4, -0.2) is 28.6 Å². The first kappa shape index (κ1) is 13.5. The highest BCUT2D eigenvalue weighted by molar-refractivity contribution is 6.05. The number of carbonyl (C=O) groups is 1. The minimum atomic E-state index is -0.323. The Labute approximate surface area is 112 Å². The van der Waals surface area contributed by atoms with Gasteiger partial charge in [0, 0.05) is 18.1 Å². The van der Waals surface area contributed by atoms with Gasteiger partial charge < -0.3 is 10.4 Å². The number of amides is 1. The number of rotatable bonds is 5. The normalized spacial score (nSPS) is 12.3. The van der Waals surface area contributed by atoms with Gasteiger partial charge in [-0.05, 0) is 31.9 Å². The van der Waals surface area contributed by atoms with Crippen molar-refractivity contribution in [2.24, 2.45) is 0 Å². The molecule has 4 heteroatoms. The molecule has 0 bridgehead atoms. The molecule has 1 atom stereocenters. The predicted molar refractivity (Wildman–Crippen MR) is 75.0 cm³/mol. The van der Waals surface area contributed by atoms with E-state index in [0.717, 1.165) is 17.3 Å². The van der Waals surface area contributed by atoms with Crippen LogP contribution in [0.15, 0.2) is 36.5 Å². The second kappa shape index (κ2) is 6.29. The molecule has 0 radical (unpaired) electrons. The Morgan fingerprint density at radius 3 is 2.95 bits per heavy atom. The van der Waals surface area contributed by atoms with E-state index < -0.39 is 0 Å². The van der Waals surface area contributed by atoms with E-state index >= 15 is 0 Å². The van der Waals surface area contributed by atoms with Crippen LogP contribution in [0.1, 0.15) is 30.1 Å². The molecule has 0 spiro atoms. The van der Waals surface area contributed by atoms with Crippen LogP contribution in [0.4, 0.5) is 0 Å². The van der Waals surface area contributed by atoms with Crippen molar-refractivity contribution in [2.75, 3.05) is 6.54 Å². The Hall–Kier alpha value is -1.94. The molecule has 1 aromatic carbocycles. The average molecular weight is 258 g/mol. The van der Waals surface area contributed by atoms with E-state index in [0.29, 0.717) is 18.5 Å². The number of fused-ring (bicyclic) bond motifs is 1. The molecule has 0 fully saturated rings. The highest BCUT2D eigenvalue weighted by atomic mass is 16.3. The lowest BCUT2D eigenvalue weighted by atomic mass is 10.1. The number of aromatic nitrogens is 1. The van der Waals surface area contributed by atoms with E-state index in [9.17, 15) is 4.79 Å². The first-order chi connectivity index (χ1) is 9.18. The molecule has 4 nitrogen and oxygen atoms in total. The number of aliphatic hydroxyl groups is 1. The Bertz CT molecular complexity index is 562. The van der Waals surface area contributed by atoms with Crippen LogP contribution in [0.3, 0.4) is 0 Å². The SMILES string of the molecule is CC(O)CCCNC(=O)c1cccc2cccnc12.